The van der Waals surface area contributed by atoms with Crippen LogP contribution >= 0.6 is 34.8 Å². The number of hydrazone groups is 1. The number of nitrogens with one attached hydrogen (secondary N) is 2. The molecule has 0 spiro atoms. The lowest BCUT2D eigenvalue weighted by molar-refractivity contribution is -0.136. The maximum atomic E-state index is 11.9. The minimum Gasteiger partial charge on any atom is -0.489 e. The van der Waals surface area contributed by atoms with E-state index in [2.05, 4.69) is 15.8 Å². The van der Waals surface area contributed by atoms with Crippen molar-refractivity contribution >= 4 is 58.5 Å². The summed E-state index contributed by atoms with van der Waals surface area (Å²) in [7, 11) is 0. The molecule has 0 heterocycles. The first kappa shape index (κ1) is 22.6. The monoisotopic (exact) mass is 475 g/mol. The van der Waals surface area contributed by atoms with Crippen LogP contribution in [0.4, 0.5) is 5.69 Å². The molecule has 158 valence electrons. The van der Waals surface area contributed by atoms with Crippen molar-refractivity contribution in [3.8, 4) is 5.75 Å². The number of hydrogen-bond donors (Lipinski definition) is 2. The number of rotatable bonds is 6. The molecule has 0 saturated carbocycles. The Morgan fingerprint density at radius 2 is 1.68 bits per heavy atom. The van der Waals surface area contributed by atoms with Crippen molar-refractivity contribution < 1.29 is 14.3 Å². The molecule has 0 aliphatic rings. The van der Waals surface area contributed by atoms with Crippen molar-refractivity contribution in [1.29, 1.82) is 0 Å². The molecule has 3 aromatic rings. The normalized spacial score (nSPS) is 10.7. The van der Waals surface area contributed by atoms with Gasteiger partial charge in [-0.1, -0.05) is 53.0 Å². The van der Waals surface area contributed by atoms with E-state index in [0.717, 1.165) is 5.56 Å². The van der Waals surface area contributed by atoms with E-state index in [0.29, 0.717) is 22.9 Å². The summed E-state index contributed by atoms with van der Waals surface area (Å²) in [6.45, 7) is 0.385. The van der Waals surface area contributed by atoms with E-state index in [9.17, 15) is 9.59 Å². The van der Waals surface area contributed by atoms with Gasteiger partial charge in [-0.25, -0.2) is 5.43 Å². The van der Waals surface area contributed by atoms with Crippen LogP contribution in [0.5, 0.6) is 5.75 Å². The molecule has 0 aliphatic carbocycles. The number of anilines is 1. The highest BCUT2D eigenvalue weighted by molar-refractivity contribution is 6.45. The number of nitrogens with zero attached hydrogens (tertiary/aromatic N) is 1. The second-order valence-electron chi connectivity index (χ2n) is 6.24. The Labute approximate surface area is 193 Å². The van der Waals surface area contributed by atoms with E-state index in [1.807, 2.05) is 18.2 Å². The number of halogens is 3. The molecule has 3 aromatic carbocycles. The van der Waals surface area contributed by atoms with E-state index >= 15 is 0 Å². The molecule has 9 heteroatoms. The fraction of sp³-hybridized carbons (Fsp3) is 0.0455. The number of benzene rings is 3. The average molecular weight is 477 g/mol. The molecule has 31 heavy (non-hydrogen) atoms. The summed E-state index contributed by atoms with van der Waals surface area (Å²) in [5.74, 6) is -1.21. The van der Waals surface area contributed by atoms with E-state index in [1.54, 1.807) is 42.5 Å². The highest BCUT2D eigenvalue weighted by atomic mass is 35.5. The maximum Gasteiger partial charge on any atom is 0.329 e. The van der Waals surface area contributed by atoms with Gasteiger partial charge in [-0.05, 0) is 59.7 Å². The highest BCUT2D eigenvalue weighted by Gasteiger charge is 2.15. The molecule has 0 saturated heterocycles. The molecule has 0 unspecified atom stereocenters. The fourth-order valence-corrected chi connectivity index (χ4v) is 3.00. The lowest BCUT2D eigenvalue weighted by Crippen LogP contribution is -2.32. The average Bonchev–Trinajstić information content (AvgIpc) is 2.76. The molecule has 0 atom stereocenters. The molecule has 2 N–H and O–H groups in total. The number of amides is 2. The SMILES string of the molecule is O=C(N/N=C/c1ccc(OCc2cccc(Cl)c2)cc1)C(=O)Nc1cccc(Cl)c1Cl. The van der Waals surface area contributed by atoms with Gasteiger partial charge in [0, 0.05) is 5.02 Å². The number of carbonyl (C=O) groups excluding carboxylic acids is 2. The van der Waals surface area contributed by atoms with E-state index in [1.165, 1.54) is 12.3 Å². The first-order chi connectivity index (χ1) is 14.9. The number of hydrogen-bond acceptors (Lipinski definition) is 4. The van der Waals surface area contributed by atoms with Gasteiger partial charge in [0.05, 0.1) is 21.9 Å². The van der Waals surface area contributed by atoms with Crippen LogP contribution in [0.1, 0.15) is 11.1 Å². The lowest BCUT2D eigenvalue weighted by atomic mass is 10.2. The molecule has 2 amide bonds. The quantitative estimate of drug-likeness (QED) is 0.287. The molecule has 6 nitrogen and oxygen atoms in total. The molecular weight excluding hydrogens is 461 g/mol. The van der Waals surface area contributed by atoms with E-state index in [4.69, 9.17) is 39.5 Å². The first-order valence-corrected chi connectivity index (χ1v) is 10.1. The maximum absolute atomic E-state index is 11.9. The Bertz CT molecular complexity index is 1120. The van der Waals surface area contributed by atoms with Gasteiger partial charge in [0.25, 0.3) is 0 Å². The smallest absolute Gasteiger partial charge is 0.329 e. The van der Waals surface area contributed by atoms with Gasteiger partial charge in [-0.3, -0.25) is 9.59 Å². The summed E-state index contributed by atoms with van der Waals surface area (Å²) >= 11 is 17.8. The van der Waals surface area contributed by atoms with Crippen LogP contribution < -0.4 is 15.5 Å². The molecule has 3 rings (SSSR count). The van der Waals surface area contributed by atoms with Gasteiger partial charge in [0.1, 0.15) is 12.4 Å². The molecule has 0 fully saturated rings. The Morgan fingerprint density at radius 3 is 2.42 bits per heavy atom. The van der Waals surface area contributed by atoms with Gasteiger partial charge >= 0.3 is 11.8 Å². The van der Waals surface area contributed by atoms with Gasteiger partial charge in [0.15, 0.2) is 0 Å². The molecular formula is C22H16Cl3N3O3. The zero-order valence-electron chi connectivity index (χ0n) is 15.9. The van der Waals surface area contributed by atoms with Crippen LogP contribution in [0.3, 0.4) is 0 Å². The van der Waals surface area contributed by atoms with Crippen molar-refractivity contribution in [3.05, 3.63) is 92.9 Å². The van der Waals surface area contributed by atoms with E-state index < -0.39 is 11.8 Å². The minimum absolute atomic E-state index is 0.145. The fourth-order valence-electron chi connectivity index (χ4n) is 2.44. The summed E-state index contributed by atoms with van der Waals surface area (Å²) in [6, 6.07) is 19.2. The van der Waals surface area contributed by atoms with Crippen LogP contribution in [0.25, 0.3) is 0 Å². The third kappa shape index (κ3) is 6.72. The third-order valence-electron chi connectivity index (χ3n) is 3.96. The summed E-state index contributed by atoms with van der Waals surface area (Å²) in [5.41, 5.74) is 4.04. The summed E-state index contributed by atoms with van der Waals surface area (Å²) in [6.07, 6.45) is 1.40. The highest BCUT2D eigenvalue weighted by Crippen LogP contribution is 2.29. The summed E-state index contributed by atoms with van der Waals surface area (Å²) < 4.78 is 5.70. The van der Waals surface area contributed by atoms with Crippen molar-refractivity contribution in [3.63, 3.8) is 0 Å². The van der Waals surface area contributed by atoms with Crippen molar-refractivity contribution in [1.82, 2.24) is 5.43 Å². The second kappa shape index (κ2) is 10.8. The molecule has 0 radical (unpaired) electrons. The topological polar surface area (TPSA) is 79.8 Å². The molecule has 0 aromatic heterocycles. The first-order valence-electron chi connectivity index (χ1n) is 8.98. The Kier molecular flexibility index (Phi) is 7.89. The van der Waals surface area contributed by atoms with Crippen LogP contribution in [-0.2, 0) is 16.2 Å². The lowest BCUT2D eigenvalue weighted by Gasteiger charge is -2.07. The van der Waals surface area contributed by atoms with Gasteiger partial charge < -0.3 is 10.1 Å². The Morgan fingerprint density at radius 1 is 0.935 bits per heavy atom. The van der Waals surface area contributed by atoms with Crippen LogP contribution in [-0.4, -0.2) is 18.0 Å². The largest absolute Gasteiger partial charge is 0.489 e. The number of ether oxygens (including phenoxy) is 1. The van der Waals surface area contributed by atoms with Gasteiger partial charge in [-0.15, -0.1) is 0 Å². The van der Waals surface area contributed by atoms with Crippen molar-refractivity contribution in [2.75, 3.05) is 5.32 Å². The predicted molar refractivity (Wildman–Crippen MR) is 123 cm³/mol. The predicted octanol–water partition coefficient (Wildman–Crippen LogP) is 5.31. The van der Waals surface area contributed by atoms with Crippen LogP contribution in [0.15, 0.2) is 71.8 Å². The zero-order chi connectivity index (χ0) is 22.2. The van der Waals surface area contributed by atoms with Crippen molar-refractivity contribution in [2.24, 2.45) is 5.10 Å². The van der Waals surface area contributed by atoms with Crippen molar-refractivity contribution in [2.45, 2.75) is 6.61 Å². The van der Waals surface area contributed by atoms with E-state index in [-0.39, 0.29) is 15.7 Å². The van der Waals surface area contributed by atoms with Crippen LogP contribution in [0, 0.1) is 0 Å². The standard InChI is InChI=1S/C22H16Cl3N3O3/c23-16-4-1-3-15(11-16)13-31-17-9-7-14(8-10-17)12-26-28-22(30)21(29)27-19-6-2-5-18(24)20(19)25/h1-12H,13H2,(H,27,29)(H,28,30)/b26-12+. The third-order valence-corrected chi connectivity index (χ3v) is 5.01. The van der Waals surface area contributed by atoms with Gasteiger partial charge in [0.2, 0.25) is 0 Å². The Balaban J connectivity index is 1.49. The molecule has 0 bridgehead atoms. The molecule has 0 aliphatic heterocycles. The number of carbonyl (C=O) groups is 2. The zero-order valence-corrected chi connectivity index (χ0v) is 18.2. The van der Waals surface area contributed by atoms with Gasteiger partial charge in [-0.2, -0.15) is 5.10 Å². The second-order valence-corrected chi connectivity index (χ2v) is 7.46. The Hall–Kier alpha value is -3.06. The summed E-state index contributed by atoms with van der Waals surface area (Å²) in [4.78, 5) is 23.8. The minimum atomic E-state index is -0.950. The summed E-state index contributed by atoms with van der Waals surface area (Å²) in [5, 5.41) is 7.21. The van der Waals surface area contributed by atoms with Crippen LogP contribution in [0.2, 0.25) is 15.1 Å².